The van der Waals surface area contributed by atoms with Crippen LogP contribution in [0.5, 0.6) is 5.88 Å². The van der Waals surface area contributed by atoms with Crippen molar-refractivity contribution in [3.63, 3.8) is 0 Å². The SMILES string of the molecule is O=S(=O)(NC1CCN(CCOc2nsc3ccccc23)CC1)c1ccc2ccccc2c1. The molecule has 1 N–H and O–H groups in total. The number of piperidine rings is 1. The van der Waals surface area contributed by atoms with Crippen molar-refractivity contribution in [2.75, 3.05) is 26.2 Å². The van der Waals surface area contributed by atoms with Gasteiger partial charge in [0.25, 0.3) is 0 Å². The van der Waals surface area contributed by atoms with Crippen molar-refractivity contribution in [2.45, 2.75) is 23.8 Å². The molecule has 0 atom stereocenters. The zero-order valence-corrected chi connectivity index (χ0v) is 19.2. The summed E-state index contributed by atoms with van der Waals surface area (Å²) in [4.78, 5) is 2.64. The third kappa shape index (κ3) is 4.63. The van der Waals surface area contributed by atoms with Gasteiger partial charge in [-0.2, -0.15) is 4.37 Å². The second-order valence-corrected chi connectivity index (χ2v) is 10.6. The van der Waals surface area contributed by atoms with Gasteiger partial charge in [-0.15, -0.1) is 0 Å². The minimum Gasteiger partial charge on any atom is -0.475 e. The van der Waals surface area contributed by atoms with E-state index in [0.717, 1.165) is 53.3 Å². The fraction of sp³-hybridized carbons (Fsp3) is 0.292. The van der Waals surface area contributed by atoms with E-state index < -0.39 is 10.0 Å². The Bertz CT molecular complexity index is 1330. The Labute approximate surface area is 192 Å². The molecule has 0 amide bonds. The lowest BCUT2D eigenvalue weighted by Gasteiger charge is -2.32. The van der Waals surface area contributed by atoms with Gasteiger partial charge in [-0.3, -0.25) is 4.90 Å². The minimum absolute atomic E-state index is 0.0499. The van der Waals surface area contributed by atoms with Gasteiger partial charge < -0.3 is 4.74 Å². The molecule has 0 bridgehead atoms. The highest BCUT2D eigenvalue weighted by molar-refractivity contribution is 7.89. The van der Waals surface area contributed by atoms with Crippen LogP contribution < -0.4 is 9.46 Å². The number of hydrogen-bond donors (Lipinski definition) is 1. The smallest absolute Gasteiger partial charge is 0.240 e. The fourth-order valence-electron chi connectivity index (χ4n) is 4.13. The van der Waals surface area contributed by atoms with E-state index in [4.69, 9.17) is 4.74 Å². The van der Waals surface area contributed by atoms with Gasteiger partial charge in [0.05, 0.1) is 15.0 Å². The van der Waals surface area contributed by atoms with E-state index in [0.29, 0.717) is 17.4 Å². The standard InChI is InChI=1S/C24H25N3O3S2/c28-32(29,21-10-9-18-5-1-2-6-19(18)17-21)26-20-11-13-27(14-12-20)15-16-30-24-22-7-3-4-8-23(22)31-25-24/h1-10,17,20,26H,11-16H2. The number of benzene rings is 3. The van der Waals surface area contributed by atoms with Crippen molar-refractivity contribution in [1.82, 2.24) is 14.0 Å². The Kier molecular flexibility index (Phi) is 6.10. The molecule has 0 aliphatic carbocycles. The topological polar surface area (TPSA) is 71.5 Å². The van der Waals surface area contributed by atoms with Crippen LogP contribution in [0.25, 0.3) is 20.9 Å². The molecule has 5 rings (SSSR count). The zero-order valence-electron chi connectivity index (χ0n) is 17.6. The van der Waals surface area contributed by atoms with Gasteiger partial charge in [-0.1, -0.05) is 42.5 Å². The van der Waals surface area contributed by atoms with Crippen molar-refractivity contribution in [3.8, 4) is 5.88 Å². The van der Waals surface area contributed by atoms with E-state index in [1.165, 1.54) is 11.5 Å². The van der Waals surface area contributed by atoms with E-state index in [1.54, 1.807) is 12.1 Å². The lowest BCUT2D eigenvalue weighted by Crippen LogP contribution is -2.45. The second-order valence-electron chi connectivity index (χ2n) is 8.08. The number of hydrogen-bond acceptors (Lipinski definition) is 6. The second kappa shape index (κ2) is 9.15. The van der Waals surface area contributed by atoms with Crippen LogP contribution in [0.15, 0.2) is 71.6 Å². The Hall–Kier alpha value is -2.52. The minimum atomic E-state index is -3.54. The molecule has 166 valence electrons. The lowest BCUT2D eigenvalue weighted by atomic mass is 10.1. The van der Waals surface area contributed by atoms with Crippen molar-refractivity contribution in [3.05, 3.63) is 66.7 Å². The maximum absolute atomic E-state index is 12.9. The van der Waals surface area contributed by atoms with Crippen molar-refractivity contribution >= 4 is 42.4 Å². The van der Waals surface area contributed by atoms with Crippen LogP contribution in [0.4, 0.5) is 0 Å². The summed E-state index contributed by atoms with van der Waals surface area (Å²) in [5.74, 6) is 0.698. The summed E-state index contributed by atoms with van der Waals surface area (Å²) >= 11 is 1.45. The molecule has 1 saturated heterocycles. The largest absolute Gasteiger partial charge is 0.475 e. The highest BCUT2D eigenvalue weighted by Gasteiger charge is 2.24. The summed E-state index contributed by atoms with van der Waals surface area (Å²) in [5, 5.41) is 3.02. The first-order valence-corrected chi connectivity index (χ1v) is 13.0. The van der Waals surface area contributed by atoms with Crippen molar-refractivity contribution < 1.29 is 13.2 Å². The first kappa shape index (κ1) is 21.3. The molecule has 0 saturated carbocycles. The zero-order chi connectivity index (χ0) is 22.0. The third-order valence-electron chi connectivity index (χ3n) is 5.93. The Balaban J connectivity index is 1.12. The number of nitrogens with zero attached hydrogens (tertiary/aromatic N) is 2. The average Bonchev–Trinajstić information content (AvgIpc) is 3.23. The van der Waals surface area contributed by atoms with Crippen LogP contribution in [0, 0.1) is 0 Å². The molecule has 4 aromatic rings. The maximum atomic E-state index is 12.9. The number of rotatable bonds is 7. The van der Waals surface area contributed by atoms with Crippen LogP contribution in [-0.2, 0) is 10.0 Å². The van der Waals surface area contributed by atoms with Crippen LogP contribution in [0.3, 0.4) is 0 Å². The molecule has 2 heterocycles. The highest BCUT2D eigenvalue weighted by atomic mass is 32.2. The molecule has 1 aliphatic rings. The van der Waals surface area contributed by atoms with Gasteiger partial charge in [0.1, 0.15) is 6.61 Å². The summed E-state index contributed by atoms with van der Waals surface area (Å²) in [7, 11) is -3.54. The monoisotopic (exact) mass is 467 g/mol. The quantitative estimate of drug-likeness (QED) is 0.439. The summed E-state index contributed by atoms with van der Waals surface area (Å²) < 4.78 is 40.1. The summed E-state index contributed by atoms with van der Waals surface area (Å²) in [6.45, 7) is 3.05. The summed E-state index contributed by atoms with van der Waals surface area (Å²) in [5.41, 5.74) is 0. The molecule has 32 heavy (non-hydrogen) atoms. The first-order valence-electron chi connectivity index (χ1n) is 10.8. The van der Waals surface area contributed by atoms with E-state index in [-0.39, 0.29) is 6.04 Å². The summed E-state index contributed by atoms with van der Waals surface area (Å²) in [6, 6.07) is 21.1. The Morgan fingerprint density at radius 1 is 1.00 bits per heavy atom. The van der Waals surface area contributed by atoms with Gasteiger partial charge in [0, 0.05) is 12.6 Å². The molecule has 0 spiro atoms. The molecule has 8 heteroatoms. The Morgan fingerprint density at radius 2 is 1.75 bits per heavy atom. The molecule has 1 aromatic heterocycles. The summed E-state index contributed by atoms with van der Waals surface area (Å²) in [6.07, 6.45) is 1.57. The van der Waals surface area contributed by atoms with E-state index in [1.807, 2.05) is 54.6 Å². The number of sulfonamides is 1. The van der Waals surface area contributed by atoms with Crippen molar-refractivity contribution in [1.29, 1.82) is 0 Å². The number of ether oxygens (including phenoxy) is 1. The molecule has 1 fully saturated rings. The fourth-order valence-corrected chi connectivity index (χ4v) is 6.20. The normalized spacial score (nSPS) is 16.0. The average molecular weight is 468 g/mol. The van der Waals surface area contributed by atoms with Crippen LogP contribution in [0.2, 0.25) is 0 Å². The van der Waals surface area contributed by atoms with E-state index in [9.17, 15) is 8.42 Å². The number of likely N-dealkylation sites (tertiary alicyclic amines) is 1. The number of fused-ring (bicyclic) bond motifs is 2. The van der Waals surface area contributed by atoms with E-state index >= 15 is 0 Å². The lowest BCUT2D eigenvalue weighted by molar-refractivity contribution is 0.169. The van der Waals surface area contributed by atoms with Gasteiger partial charge >= 0.3 is 0 Å². The predicted molar refractivity (Wildman–Crippen MR) is 129 cm³/mol. The molecular formula is C24H25N3O3S2. The molecule has 0 unspecified atom stereocenters. The van der Waals surface area contributed by atoms with E-state index in [2.05, 4.69) is 14.0 Å². The Morgan fingerprint density at radius 3 is 2.59 bits per heavy atom. The molecule has 0 radical (unpaired) electrons. The molecule has 1 aliphatic heterocycles. The van der Waals surface area contributed by atoms with Crippen LogP contribution >= 0.6 is 11.5 Å². The van der Waals surface area contributed by atoms with Gasteiger partial charge in [0.2, 0.25) is 15.9 Å². The van der Waals surface area contributed by atoms with Crippen LogP contribution in [0.1, 0.15) is 12.8 Å². The predicted octanol–water partition coefficient (Wildman–Crippen LogP) is 4.27. The molecular weight excluding hydrogens is 442 g/mol. The van der Waals surface area contributed by atoms with Crippen molar-refractivity contribution in [2.24, 2.45) is 0 Å². The van der Waals surface area contributed by atoms with Gasteiger partial charge in [-0.25, -0.2) is 13.1 Å². The maximum Gasteiger partial charge on any atom is 0.240 e. The number of nitrogens with one attached hydrogen (secondary N) is 1. The van der Waals surface area contributed by atoms with Gasteiger partial charge in [-0.05, 0) is 72.5 Å². The molecule has 6 nitrogen and oxygen atoms in total. The highest BCUT2D eigenvalue weighted by Crippen LogP contribution is 2.28. The number of aromatic nitrogens is 1. The van der Waals surface area contributed by atoms with Crippen LogP contribution in [-0.4, -0.2) is 50.0 Å². The van der Waals surface area contributed by atoms with Gasteiger partial charge in [0.15, 0.2) is 0 Å². The first-order chi connectivity index (χ1) is 15.6. The third-order valence-corrected chi connectivity index (χ3v) is 8.26. The molecule has 3 aromatic carbocycles.